The molecule has 7 heteroatoms. The molecule has 1 aromatic heterocycles. The first-order chi connectivity index (χ1) is 14.1. The van der Waals surface area contributed by atoms with Crippen molar-refractivity contribution in [1.29, 1.82) is 0 Å². The normalized spacial score (nSPS) is 16.8. The standard InChI is InChI=1S/C22H23N3O4/c1-29-20-7-2-5-17(22(20)26)15-24-14-4-13-23-12-3-6-19(23)21(24)16-8-10-18(11-9-16)25(27)28/h2-3,5-12,21,26H,4,13-15H2,1H3/t21-/m1/s1. The van der Waals surface area contributed by atoms with E-state index in [1.165, 1.54) is 7.11 Å². The first-order valence-corrected chi connectivity index (χ1v) is 9.57. The lowest BCUT2D eigenvalue weighted by atomic mass is 10.0. The Morgan fingerprint density at radius 3 is 2.66 bits per heavy atom. The highest BCUT2D eigenvalue weighted by molar-refractivity contribution is 5.45. The molecule has 7 nitrogen and oxygen atoms in total. The van der Waals surface area contributed by atoms with E-state index in [0.717, 1.165) is 36.3 Å². The molecule has 0 fully saturated rings. The Hall–Kier alpha value is -3.32. The van der Waals surface area contributed by atoms with Gasteiger partial charge >= 0.3 is 0 Å². The molecular weight excluding hydrogens is 370 g/mol. The largest absolute Gasteiger partial charge is 0.504 e. The summed E-state index contributed by atoms with van der Waals surface area (Å²) >= 11 is 0. The average molecular weight is 393 g/mol. The van der Waals surface area contributed by atoms with Gasteiger partial charge in [-0.2, -0.15) is 0 Å². The Bertz CT molecular complexity index is 1010. The van der Waals surface area contributed by atoms with Crippen LogP contribution in [0.5, 0.6) is 11.5 Å². The van der Waals surface area contributed by atoms with Gasteiger partial charge < -0.3 is 14.4 Å². The molecule has 1 N–H and O–H groups in total. The van der Waals surface area contributed by atoms with Crippen molar-refractivity contribution in [3.05, 3.63) is 87.7 Å². The van der Waals surface area contributed by atoms with E-state index in [9.17, 15) is 15.2 Å². The van der Waals surface area contributed by atoms with Crippen LogP contribution in [0.25, 0.3) is 0 Å². The number of phenols is 1. The zero-order chi connectivity index (χ0) is 20.4. The first kappa shape index (κ1) is 19.0. The fraction of sp³-hybridized carbons (Fsp3) is 0.273. The summed E-state index contributed by atoms with van der Waals surface area (Å²) in [6.45, 7) is 2.28. The van der Waals surface area contributed by atoms with Crippen molar-refractivity contribution in [1.82, 2.24) is 9.47 Å². The number of hydrogen-bond acceptors (Lipinski definition) is 5. The third-order valence-electron chi connectivity index (χ3n) is 5.45. The molecule has 0 spiro atoms. The lowest BCUT2D eigenvalue weighted by Crippen LogP contribution is -2.29. The van der Waals surface area contributed by atoms with Gasteiger partial charge in [0, 0.05) is 49.2 Å². The summed E-state index contributed by atoms with van der Waals surface area (Å²) in [4.78, 5) is 13.0. The molecule has 0 amide bonds. The maximum atomic E-state index is 11.1. The van der Waals surface area contributed by atoms with E-state index >= 15 is 0 Å². The van der Waals surface area contributed by atoms with Crippen LogP contribution in [0.2, 0.25) is 0 Å². The summed E-state index contributed by atoms with van der Waals surface area (Å²) in [5.74, 6) is 0.602. The SMILES string of the molecule is COc1cccc(CN2CCCn3cccc3[C@H]2c2ccc([N+](=O)[O-])cc2)c1O. The van der Waals surface area contributed by atoms with Gasteiger partial charge in [0.1, 0.15) is 0 Å². The minimum Gasteiger partial charge on any atom is -0.504 e. The highest BCUT2D eigenvalue weighted by atomic mass is 16.6. The second kappa shape index (κ2) is 7.97. The van der Waals surface area contributed by atoms with Crippen LogP contribution in [-0.2, 0) is 13.1 Å². The fourth-order valence-electron chi connectivity index (χ4n) is 4.05. The van der Waals surface area contributed by atoms with E-state index < -0.39 is 0 Å². The second-order valence-electron chi connectivity index (χ2n) is 7.17. The molecule has 0 saturated heterocycles. The molecule has 1 atom stereocenters. The van der Waals surface area contributed by atoms with Gasteiger partial charge in [-0.3, -0.25) is 15.0 Å². The summed E-state index contributed by atoms with van der Waals surface area (Å²) < 4.78 is 7.49. The van der Waals surface area contributed by atoms with Gasteiger partial charge in [0.25, 0.3) is 5.69 Å². The number of aryl methyl sites for hydroxylation is 1. The number of phenolic OH excluding ortho intramolecular Hbond substituents is 1. The molecule has 29 heavy (non-hydrogen) atoms. The minimum absolute atomic E-state index is 0.0705. The molecule has 1 aliphatic rings. The highest BCUT2D eigenvalue weighted by Gasteiger charge is 2.28. The number of non-ortho nitro benzene ring substituents is 1. The Balaban J connectivity index is 1.74. The van der Waals surface area contributed by atoms with Crippen LogP contribution < -0.4 is 4.74 Å². The van der Waals surface area contributed by atoms with E-state index in [4.69, 9.17) is 4.74 Å². The maximum Gasteiger partial charge on any atom is 0.269 e. The molecule has 0 radical (unpaired) electrons. The maximum absolute atomic E-state index is 11.1. The quantitative estimate of drug-likeness (QED) is 0.521. The van der Waals surface area contributed by atoms with Crippen LogP contribution in [0, 0.1) is 10.1 Å². The van der Waals surface area contributed by atoms with E-state index in [1.54, 1.807) is 18.2 Å². The summed E-state index contributed by atoms with van der Waals surface area (Å²) in [6, 6.07) is 16.3. The van der Waals surface area contributed by atoms with Crippen LogP contribution in [0.15, 0.2) is 60.8 Å². The van der Waals surface area contributed by atoms with Crippen LogP contribution in [0.4, 0.5) is 5.69 Å². The number of hydrogen-bond donors (Lipinski definition) is 1. The fourth-order valence-corrected chi connectivity index (χ4v) is 4.05. The summed E-state index contributed by atoms with van der Waals surface area (Å²) in [5.41, 5.74) is 2.99. The zero-order valence-electron chi connectivity index (χ0n) is 16.2. The number of ether oxygens (including phenoxy) is 1. The number of aromatic hydroxyl groups is 1. The molecular formula is C22H23N3O4. The number of fused-ring (bicyclic) bond motifs is 1. The molecule has 0 saturated carbocycles. The molecule has 4 rings (SSSR count). The minimum atomic E-state index is -0.383. The molecule has 1 aliphatic heterocycles. The number of nitro benzene ring substituents is 1. The molecule has 0 aliphatic carbocycles. The number of rotatable bonds is 5. The Morgan fingerprint density at radius 2 is 1.93 bits per heavy atom. The predicted molar refractivity (Wildman–Crippen MR) is 109 cm³/mol. The van der Waals surface area contributed by atoms with Gasteiger partial charge in [-0.05, 0) is 30.2 Å². The van der Waals surface area contributed by atoms with Gasteiger partial charge in [0.15, 0.2) is 11.5 Å². The van der Waals surface area contributed by atoms with Crippen molar-refractivity contribution in [2.45, 2.75) is 25.6 Å². The number of nitrogens with zero attached hydrogens (tertiary/aromatic N) is 3. The smallest absolute Gasteiger partial charge is 0.269 e. The zero-order valence-corrected chi connectivity index (χ0v) is 16.2. The van der Waals surface area contributed by atoms with Gasteiger partial charge in [-0.1, -0.05) is 24.3 Å². The van der Waals surface area contributed by atoms with Gasteiger partial charge in [0.2, 0.25) is 0 Å². The number of aromatic nitrogens is 1. The van der Waals surface area contributed by atoms with Crippen molar-refractivity contribution in [2.24, 2.45) is 0 Å². The monoisotopic (exact) mass is 393 g/mol. The average Bonchev–Trinajstić information content (AvgIpc) is 3.11. The van der Waals surface area contributed by atoms with Crippen LogP contribution >= 0.6 is 0 Å². The third-order valence-corrected chi connectivity index (χ3v) is 5.45. The molecule has 0 unspecified atom stereocenters. The second-order valence-corrected chi connectivity index (χ2v) is 7.17. The van der Waals surface area contributed by atoms with Crippen molar-refractivity contribution >= 4 is 5.69 Å². The van der Waals surface area contributed by atoms with Gasteiger partial charge in [-0.25, -0.2) is 0 Å². The van der Waals surface area contributed by atoms with E-state index in [-0.39, 0.29) is 22.4 Å². The number of nitro groups is 1. The molecule has 3 aromatic rings. The predicted octanol–water partition coefficient (Wildman–Crippen LogP) is 4.11. The molecule has 2 heterocycles. The van der Waals surface area contributed by atoms with E-state index in [0.29, 0.717) is 12.3 Å². The lowest BCUT2D eigenvalue weighted by molar-refractivity contribution is -0.384. The van der Waals surface area contributed by atoms with E-state index in [1.807, 2.05) is 30.3 Å². The van der Waals surface area contributed by atoms with Gasteiger partial charge in [-0.15, -0.1) is 0 Å². The van der Waals surface area contributed by atoms with Crippen molar-refractivity contribution in [3.8, 4) is 11.5 Å². The lowest BCUT2D eigenvalue weighted by Gasteiger charge is -2.31. The van der Waals surface area contributed by atoms with Crippen LogP contribution in [-0.4, -0.2) is 33.2 Å². The summed E-state index contributed by atoms with van der Waals surface area (Å²) in [5, 5.41) is 21.6. The Morgan fingerprint density at radius 1 is 1.14 bits per heavy atom. The Labute approximate surface area is 168 Å². The highest BCUT2D eigenvalue weighted by Crippen LogP contribution is 2.36. The third kappa shape index (κ3) is 3.69. The Kier molecular flexibility index (Phi) is 5.22. The summed E-state index contributed by atoms with van der Waals surface area (Å²) in [6.07, 6.45) is 3.04. The molecule has 150 valence electrons. The van der Waals surface area contributed by atoms with E-state index in [2.05, 4.69) is 21.7 Å². The van der Waals surface area contributed by atoms with Crippen LogP contribution in [0.1, 0.15) is 29.3 Å². The topological polar surface area (TPSA) is 80.8 Å². The number of benzene rings is 2. The van der Waals surface area contributed by atoms with Crippen molar-refractivity contribution < 1.29 is 14.8 Å². The van der Waals surface area contributed by atoms with Gasteiger partial charge in [0.05, 0.1) is 18.1 Å². The number of para-hydroxylation sites is 1. The van der Waals surface area contributed by atoms with Crippen LogP contribution in [0.3, 0.4) is 0 Å². The number of methoxy groups -OCH3 is 1. The van der Waals surface area contributed by atoms with Crippen molar-refractivity contribution in [3.63, 3.8) is 0 Å². The summed E-state index contributed by atoms with van der Waals surface area (Å²) in [7, 11) is 1.54. The molecule has 0 bridgehead atoms. The van der Waals surface area contributed by atoms with Crippen molar-refractivity contribution in [2.75, 3.05) is 13.7 Å². The molecule has 2 aromatic carbocycles. The first-order valence-electron chi connectivity index (χ1n) is 9.57.